The SMILES string of the molecule is CCC1CCCCC1NC(=O)[C@@H](N)Cc1ccccc1. The van der Waals surface area contributed by atoms with Crippen LogP contribution < -0.4 is 11.1 Å². The molecule has 110 valence electrons. The average molecular weight is 274 g/mol. The Balaban J connectivity index is 1.87. The van der Waals surface area contributed by atoms with Gasteiger partial charge < -0.3 is 11.1 Å². The van der Waals surface area contributed by atoms with Gasteiger partial charge in [0.15, 0.2) is 0 Å². The number of carbonyl (C=O) groups excluding carboxylic acids is 1. The van der Waals surface area contributed by atoms with E-state index in [4.69, 9.17) is 5.73 Å². The van der Waals surface area contributed by atoms with Gasteiger partial charge in [0.2, 0.25) is 5.91 Å². The molecule has 0 radical (unpaired) electrons. The lowest BCUT2D eigenvalue weighted by Gasteiger charge is -2.32. The summed E-state index contributed by atoms with van der Waals surface area (Å²) in [4.78, 5) is 12.2. The number of amides is 1. The summed E-state index contributed by atoms with van der Waals surface area (Å²) in [6.07, 6.45) is 6.59. The average Bonchev–Trinajstić information content (AvgIpc) is 2.48. The van der Waals surface area contributed by atoms with E-state index in [0.717, 1.165) is 18.4 Å². The van der Waals surface area contributed by atoms with Crippen molar-refractivity contribution in [2.24, 2.45) is 11.7 Å². The van der Waals surface area contributed by atoms with Crippen molar-refractivity contribution < 1.29 is 4.79 Å². The summed E-state index contributed by atoms with van der Waals surface area (Å²) in [5.41, 5.74) is 7.16. The van der Waals surface area contributed by atoms with Gasteiger partial charge in [-0.15, -0.1) is 0 Å². The minimum atomic E-state index is -0.447. The molecule has 1 amide bonds. The number of hydrogen-bond donors (Lipinski definition) is 2. The number of hydrogen-bond acceptors (Lipinski definition) is 2. The third-order valence-electron chi connectivity index (χ3n) is 4.40. The molecular weight excluding hydrogens is 248 g/mol. The molecule has 20 heavy (non-hydrogen) atoms. The molecule has 3 heteroatoms. The summed E-state index contributed by atoms with van der Waals surface area (Å²) in [7, 11) is 0. The van der Waals surface area contributed by atoms with Crippen molar-refractivity contribution in [1.29, 1.82) is 0 Å². The Hall–Kier alpha value is -1.35. The Labute approximate surface area is 121 Å². The first-order chi connectivity index (χ1) is 9.70. The molecule has 0 bridgehead atoms. The van der Waals surface area contributed by atoms with E-state index < -0.39 is 6.04 Å². The lowest BCUT2D eigenvalue weighted by Crippen LogP contribution is -2.49. The van der Waals surface area contributed by atoms with Crippen molar-refractivity contribution in [2.75, 3.05) is 0 Å². The molecule has 0 aromatic heterocycles. The van der Waals surface area contributed by atoms with Gasteiger partial charge in [0.1, 0.15) is 0 Å². The molecule has 1 aromatic carbocycles. The third kappa shape index (κ3) is 4.07. The number of rotatable bonds is 5. The highest BCUT2D eigenvalue weighted by Crippen LogP contribution is 2.26. The predicted molar refractivity (Wildman–Crippen MR) is 82.3 cm³/mol. The van der Waals surface area contributed by atoms with Crippen LogP contribution in [0.3, 0.4) is 0 Å². The van der Waals surface area contributed by atoms with Crippen molar-refractivity contribution in [3.05, 3.63) is 35.9 Å². The van der Waals surface area contributed by atoms with Crippen LogP contribution in [0, 0.1) is 5.92 Å². The number of nitrogens with one attached hydrogen (secondary N) is 1. The second-order valence-electron chi connectivity index (χ2n) is 5.86. The Morgan fingerprint density at radius 1 is 1.30 bits per heavy atom. The summed E-state index contributed by atoms with van der Waals surface area (Å²) in [5, 5.41) is 3.18. The van der Waals surface area contributed by atoms with Crippen molar-refractivity contribution in [3.8, 4) is 0 Å². The largest absolute Gasteiger partial charge is 0.352 e. The second-order valence-corrected chi connectivity index (χ2v) is 5.86. The van der Waals surface area contributed by atoms with Gasteiger partial charge in [0.05, 0.1) is 6.04 Å². The van der Waals surface area contributed by atoms with Gasteiger partial charge >= 0.3 is 0 Å². The van der Waals surface area contributed by atoms with Gasteiger partial charge in [-0.2, -0.15) is 0 Å². The van der Waals surface area contributed by atoms with E-state index in [1.54, 1.807) is 0 Å². The van der Waals surface area contributed by atoms with Crippen LogP contribution in [0.25, 0.3) is 0 Å². The van der Waals surface area contributed by atoms with Gasteiger partial charge in [0, 0.05) is 6.04 Å². The van der Waals surface area contributed by atoms with Crippen LogP contribution in [-0.4, -0.2) is 18.0 Å². The van der Waals surface area contributed by atoms with Gasteiger partial charge in [-0.25, -0.2) is 0 Å². The molecule has 1 aromatic rings. The van der Waals surface area contributed by atoms with E-state index in [0.29, 0.717) is 18.4 Å². The first-order valence-corrected chi connectivity index (χ1v) is 7.80. The number of carbonyl (C=O) groups is 1. The van der Waals surface area contributed by atoms with Crippen LogP contribution in [-0.2, 0) is 11.2 Å². The summed E-state index contributed by atoms with van der Waals surface area (Å²) in [6.45, 7) is 2.21. The first kappa shape index (κ1) is 15.0. The molecule has 2 unspecified atom stereocenters. The molecule has 1 fully saturated rings. The zero-order valence-electron chi connectivity index (χ0n) is 12.3. The number of nitrogens with two attached hydrogens (primary N) is 1. The van der Waals surface area contributed by atoms with E-state index in [-0.39, 0.29) is 5.91 Å². The first-order valence-electron chi connectivity index (χ1n) is 7.80. The van der Waals surface area contributed by atoms with Gasteiger partial charge in [-0.3, -0.25) is 4.79 Å². The third-order valence-corrected chi connectivity index (χ3v) is 4.40. The highest BCUT2D eigenvalue weighted by Gasteiger charge is 2.26. The molecule has 0 saturated heterocycles. The topological polar surface area (TPSA) is 55.1 Å². The monoisotopic (exact) mass is 274 g/mol. The quantitative estimate of drug-likeness (QED) is 0.867. The molecule has 1 aliphatic rings. The molecule has 0 aliphatic heterocycles. The van der Waals surface area contributed by atoms with E-state index in [9.17, 15) is 4.79 Å². The minimum absolute atomic E-state index is 0.000738. The van der Waals surface area contributed by atoms with Crippen molar-refractivity contribution in [1.82, 2.24) is 5.32 Å². The fourth-order valence-corrected chi connectivity index (χ4v) is 3.14. The van der Waals surface area contributed by atoms with E-state index in [1.807, 2.05) is 30.3 Å². The van der Waals surface area contributed by atoms with Crippen LogP contribution in [0.15, 0.2) is 30.3 Å². The molecule has 0 spiro atoms. The second kappa shape index (κ2) is 7.44. The standard InChI is InChI=1S/C17H26N2O/c1-2-14-10-6-7-11-16(14)19-17(20)15(18)12-13-8-4-3-5-9-13/h3-5,8-9,14-16H,2,6-7,10-12,18H2,1H3,(H,19,20)/t14?,15-,16?/m0/s1. The maximum absolute atomic E-state index is 12.2. The zero-order chi connectivity index (χ0) is 14.4. The zero-order valence-corrected chi connectivity index (χ0v) is 12.3. The smallest absolute Gasteiger partial charge is 0.237 e. The molecule has 3 atom stereocenters. The number of benzene rings is 1. The molecule has 2 rings (SSSR count). The lowest BCUT2D eigenvalue weighted by atomic mass is 9.82. The molecule has 3 N–H and O–H groups in total. The van der Waals surface area contributed by atoms with Crippen LogP contribution >= 0.6 is 0 Å². The van der Waals surface area contributed by atoms with Crippen molar-refractivity contribution in [3.63, 3.8) is 0 Å². The molecule has 1 aliphatic carbocycles. The maximum atomic E-state index is 12.2. The Bertz CT molecular complexity index is 418. The van der Waals surface area contributed by atoms with Crippen LogP contribution in [0.4, 0.5) is 0 Å². The summed E-state index contributed by atoms with van der Waals surface area (Å²) < 4.78 is 0. The summed E-state index contributed by atoms with van der Waals surface area (Å²) in [5.74, 6) is 0.621. The van der Waals surface area contributed by atoms with Crippen molar-refractivity contribution in [2.45, 2.75) is 57.5 Å². The Morgan fingerprint density at radius 3 is 2.70 bits per heavy atom. The van der Waals surface area contributed by atoms with Gasteiger partial charge in [0.25, 0.3) is 0 Å². The summed E-state index contributed by atoms with van der Waals surface area (Å²) in [6, 6.07) is 9.84. The van der Waals surface area contributed by atoms with E-state index in [1.165, 1.54) is 19.3 Å². The fourth-order valence-electron chi connectivity index (χ4n) is 3.14. The van der Waals surface area contributed by atoms with Gasteiger partial charge in [-0.05, 0) is 30.7 Å². The molecule has 1 saturated carbocycles. The van der Waals surface area contributed by atoms with Crippen LogP contribution in [0.2, 0.25) is 0 Å². The normalized spacial score (nSPS) is 24.1. The minimum Gasteiger partial charge on any atom is -0.352 e. The Morgan fingerprint density at radius 2 is 2.00 bits per heavy atom. The van der Waals surface area contributed by atoms with E-state index >= 15 is 0 Å². The molecular formula is C17H26N2O. The Kier molecular flexibility index (Phi) is 5.60. The summed E-state index contributed by atoms with van der Waals surface area (Å²) >= 11 is 0. The van der Waals surface area contributed by atoms with Crippen LogP contribution in [0.5, 0.6) is 0 Å². The predicted octanol–water partition coefficient (Wildman–Crippen LogP) is 2.64. The highest BCUT2D eigenvalue weighted by molar-refractivity contribution is 5.82. The fraction of sp³-hybridized carbons (Fsp3) is 0.588. The van der Waals surface area contributed by atoms with E-state index in [2.05, 4.69) is 12.2 Å². The molecule has 0 heterocycles. The van der Waals surface area contributed by atoms with Crippen LogP contribution in [0.1, 0.15) is 44.6 Å². The molecule has 3 nitrogen and oxygen atoms in total. The van der Waals surface area contributed by atoms with Crippen molar-refractivity contribution >= 4 is 5.91 Å². The lowest BCUT2D eigenvalue weighted by molar-refractivity contribution is -0.123. The highest BCUT2D eigenvalue weighted by atomic mass is 16.2. The maximum Gasteiger partial charge on any atom is 0.237 e. The van der Waals surface area contributed by atoms with Gasteiger partial charge in [-0.1, -0.05) is 56.5 Å².